The van der Waals surface area contributed by atoms with Crippen molar-refractivity contribution in [3.8, 4) is 0 Å². The van der Waals surface area contributed by atoms with Crippen molar-refractivity contribution in [2.45, 2.75) is 37.0 Å². The van der Waals surface area contributed by atoms with Gasteiger partial charge in [-0.15, -0.1) is 11.8 Å². The summed E-state index contributed by atoms with van der Waals surface area (Å²) in [6, 6.07) is -1.22. The molecule has 0 bridgehead atoms. The predicted molar refractivity (Wildman–Crippen MR) is 66.3 cm³/mol. The summed E-state index contributed by atoms with van der Waals surface area (Å²) in [7, 11) is 1.18. The summed E-state index contributed by atoms with van der Waals surface area (Å²) in [4.78, 5) is 33.8. The molecule has 6 nitrogen and oxygen atoms in total. The summed E-state index contributed by atoms with van der Waals surface area (Å²) in [5, 5.41) is 11.1. The predicted octanol–water partition coefficient (Wildman–Crippen LogP) is 0.405. The van der Waals surface area contributed by atoms with Gasteiger partial charge in [0.15, 0.2) is 0 Å². The van der Waals surface area contributed by atoms with Gasteiger partial charge in [-0.1, -0.05) is 6.42 Å². The Morgan fingerprint density at radius 3 is 2.67 bits per heavy atom. The van der Waals surface area contributed by atoms with Gasteiger partial charge in [-0.2, -0.15) is 0 Å². The van der Waals surface area contributed by atoms with Crippen molar-refractivity contribution < 1.29 is 24.2 Å². The molecule has 2 atom stereocenters. The molecule has 1 heterocycles. The number of aliphatic carboxylic acids is 1. The number of ether oxygens (including phenoxy) is 1. The van der Waals surface area contributed by atoms with Gasteiger partial charge in [0.1, 0.15) is 6.04 Å². The number of rotatable bonds is 5. The molecule has 1 aliphatic rings. The lowest BCUT2D eigenvalue weighted by atomic mass is 10.1. The first-order valence-electron chi connectivity index (χ1n) is 5.76. The van der Waals surface area contributed by atoms with Gasteiger partial charge < -0.3 is 15.2 Å². The quantitative estimate of drug-likeness (QED) is 0.706. The summed E-state index contributed by atoms with van der Waals surface area (Å²) in [6.07, 6.45) is 2.45. The Labute approximate surface area is 109 Å². The van der Waals surface area contributed by atoms with Crippen LogP contribution in [0.1, 0.15) is 25.7 Å². The Bertz CT molecular complexity index is 327. The number of nitrogens with one attached hydrogen (secondary N) is 1. The van der Waals surface area contributed by atoms with Gasteiger partial charge in [-0.05, 0) is 18.6 Å². The number of carboxylic acid groups (broad SMARTS) is 1. The zero-order chi connectivity index (χ0) is 13.5. The minimum atomic E-state index is -1.23. The van der Waals surface area contributed by atoms with E-state index in [0.29, 0.717) is 0 Å². The lowest BCUT2D eigenvalue weighted by molar-refractivity contribution is -0.148. The molecule has 0 radical (unpaired) electrons. The molecule has 2 N–H and O–H groups in total. The first-order chi connectivity index (χ1) is 8.54. The van der Waals surface area contributed by atoms with Gasteiger partial charge in [0.05, 0.1) is 18.8 Å². The van der Waals surface area contributed by atoms with Crippen LogP contribution in [0, 0.1) is 0 Å². The Morgan fingerprint density at radius 1 is 1.44 bits per heavy atom. The molecule has 1 amide bonds. The van der Waals surface area contributed by atoms with E-state index in [0.717, 1.165) is 25.0 Å². The van der Waals surface area contributed by atoms with E-state index in [1.807, 2.05) is 0 Å². The maximum atomic E-state index is 11.8. The minimum absolute atomic E-state index is 0.210. The van der Waals surface area contributed by atoms with Crippen LogP contribution >= 0.6 is 11.8 Å². The topological polar surface area (TPSA) is 92.7 Å². The van der Waals surface area contributed by atoms with E-state index in [1.54, 1.807) is 0 Å². The first-order valence-corrected chi connectivity index (χ1v) is 6.81. The maximum Gasteiger partial charge on any atom is 0.326 e. The SMILES string of the molecule is COC(=O)C[C@H](NC(=O)C1CCCCS1)C(=O)O. The van der Waals surface area contributed by atoms with Crippen LogP contribution in [0.15, 0.2) is 0 Å². The summed E-state index contributed by atoms with van der Waals surface area (Å²) in [5.41, 5.74) is 0. The van der Waals surface area contributed by atoms with Crippen LogP contribution in [-0.4, -0.2) is 47.1 Å². The number of esters is 1. The maximum absolute atomic E-state index is 11.8. The Kier molecular flexibility index (Phi) is 5.97. The minimum Gasteiger partial charge on any atom is -0.480 e. The fraction of sp³-hybridized carbons (Fsp3) is 0.727. The second-order valence-electron chi connectivity index (χ2n) is 4.03. The zero-order valence-corrected chi connectivity index (χ0v) is 11.0. The Hall–Kier alpha value is -1.24. The van der Waals surface area contributed by atoms with Gasteiger partial charge in [0, 0.05) is 0 Å². The van der Waals surface area contributed by atoms with Crippen molar-refractivity contribution in [1.82, 2.24) is 5.32 Å². The van der Waals surface area contributed by atoms with Gasteiger partial charge in [0.25, 0.3) is 0 Å². The van der Waals surface area contributed by atoms with Gasteiger partial charge in [0.2, 0.25) is 5.91 Å². The molecule has 1 saturated heterocycles. The normalized spacial score (nSPS) is 20.8. The van der Waals surface area contributed by atoms with Crippen LogP contribution in [0.4, 0.5) is 0 Å². The van der Waals surface area contributed by atoms with Crippen LogP contribution in [0.2, 0.25) is 0 Å². The van der Waals surface area contributed by atoms with Crippen molar-refractivity contribution in [3.05, 3.63) is 0 Å². The number of hydrogen-bond donors (Lipinski definition) is 2. The highest BCUT2D eigenvalue weighted by Gasteiger charge is 2.28. The van der Waals surface area contributed by atoms with Crippen LogP contribution in [-0.2, 0) is 19.1 Å². The van der Waals surface area contributed by atoms with Crippen LogP contribution < -0.4 is 5.32 Å². The van der Waals surface area contributed by atoms with E-state index in [4.69, 9.17) is 5.11 Å². The molecule has 0 aromatic carbocycles. The average Bonchev–Trinajstić information content (AvgIpc) is 2.38. The molecule has 1 fully saturated rings. The average molecular weight is 275 g/mol. The van der Waals surface area contributed by atoms with Crippen LogP contribution in [0.3, 0.4) is 0 Å². The molecule has 102 valence electrons. The van der Waals surface area contributed by atoms with Crippen LogP contribution in [0.25, 0.3) is 0 Å². The molecule has 0 saturated carbocycles. The fourth-order valence-corrected chi connectivity index (χ4v) is 2.87. The smallest absolute Gasteiger partial charge is 0.326 e. The van der Waals surface area contributed by atoms with Gasteiger partial charge in [-0.3, -0.25) is 9.59 Å². The Morgan fingerprint density at radius 2 is 2.17 bits per heavy atom. The van der Waals surface area contributed by atoms with E-state index in [1.165, 1.54) is 18.9 Å². The van der Waals surface area contributed by atoms with Crippen molar-refractivity contribution >= 4 is 29.6 Å². The molecule has 0 aromatic heterocycles. The highest BCUT2D eigenvalue weighted by molar-refractivity contribution is 8.00. The van der Waals surface area contributed by atoms with Crippen molar-refractivity contribution in [2.24, 2.45) is 0 Å². The Balaban J connectivity index is 2.51. The third kappa shape index (κ3) is 4.56. The van der Waals surface area contributed by atoms with Gasteiger partial charge >= 0.3 is 11.9 Å². The molecular formula is C11H17NO5S. The number of carbonyl (C=O) groups excluding carboxylic acids is 2. The molecule has 0 aromatic rings. The van der Waals surface area contributed by atoms with E-state index in [2.05, 4.69) is 10.1 Å². The highest BCUT2D eigenvalue weighted by Crippen LogP contribution is 2.25. The molecule has 0 spiro atoms. The number of thioether (sulfide) groups is 1. The van der Waals surface area contributed by atoms with E-state index in [-0.39, 0.29) is 17.6 Å². The number of carbonyl (C=O) groups is 3. The third-order valence-electron chi connectivity index (χ3n) is 2.69. The molecule has 1 unspecified atom stereocenters. The number of methoxy groups -OCH3 is 1. The second-order valence-corrected chi connectivity index (χ2v) is 5.35. The molecule has 1 rings (SSSR count). The summed E-state index contributed by atoms with van der Waals surface area (Å²) in [5.74, 6) is -1.28. The van der Waals surface area contributed by atoms with E-state index >= 15 is 0 Å². The van der Waals surface area contributed by atoms with Crippen molar-refractivity contribution in [1.29, 1.82) is 0 Å². The molecule has 1 aliphatic heterocycles. The molecule has 18 heavy (non-hydrogen) atoms. The van der Waals surface area contributed by atoms with Crippen molar-refractivity contribution in [2.75, 3.05) is 12.9 Å². The highest BCUT2D eigenvalue weighted by atomic mass is 32.2. The second kappa shape index (κ2) is 7.25. The largest absolute Gasteiger partial charge is 0.480 e. The molecule has 0 aliphatic carbocycles. The standard InChI is InChI=1S/C11H17NO5S/c1-17-9(13)6-7(11(15)16)12-10(14)8-4-2-3-5-18-8/h7-8H,2-6H2,1H3,(H,12,14)(H,15,16)/t7-,8?/m0/s1. The summed E-state index contributed by atoms with van der Waals surface area (Å²) >= 11 is 1.53. The summed E-state index contributed by atoms with van der Waals surface area (Å²) < 4.78 is 4.40. The first kappa shape index (κ1) is 14.8. The third-order valence-corrected chi connectivity index (χ3v) is 4.06. The molecule has 7 heteroatoms. The lowest BCUT2D eigenvalue weighted by Gasteiger charge is -2.22. The molecular weight excluding hydrogens is 258 g/mol. The summed E-state index contributed by atoms with van der Waals surface area (Å²) in [6.45, 7) is 0. The lowest BCUT2D eigenvalue weighted by Crippen LogP contribution is -2.46. The van der Waals surface area contributed by atoms with E-state index < -0.39 is 18.0 Å². The van der Waals surface area contributed by atoms with Crippen molar-refractivity contribution in [3.63, 3.8) is 0 Å². The number of amides is 1. The van der Waals surface area contributed by atoms with Crippen LogP contribution in [0.5, 0.6) is 0 Å². The monoisotopic (exact) mass is 275 g/mol. The number of hydrogen-bond acceptors (Lipinski definition) is 5. The van der Waals surface area contributed by atoms with E-state index in [9.17, 15) is 14.4 Å². The fourth-order valence-electron chi connectivity index (χ4n) is 1.66. The zero-order valence-electron chi connectivity index (χ0n) is 10.2. The van der Waals surface area contributed by atoms with Gasteiger partial charge in [-0.25, -0.2) is 4.79 Å². The number of carboxylic acids is 1.